The molecular weight excluding hydrogens is 338 g/mol. The molecule has 4 rings (SSSR count). The molecule has 0 N–H and O–H groups in total. The van der Waals surface area contributed by atoms with E-state index in [-0.39, 0.29) is 5.63 Å². The van der Waals surface area contributed by atoms with Crippen LogP contribution in [0.15, 0.2) is 70.0 Å². The van der Waals surface area contributed by atoms with E-state index in [0.29, 0.717) is 12.1 Å². The van der Waals surface area contributed by atoms with Gasteiger partial charge in [-0.05, 0) is 36.2 Å². The summed E-state index contributed by atoms with van der Waals surface area (Å²) in [5.74, 6) is 0. The first-order chi connectivity index (χ1) is 13.0. The van der Waals surface area contributed by atoms with Gasteiger partial charge in [0.05, 0.1) is 12.2 Å². The highest BCUT2D eigenvalue weighted by atomic mass is 16.4. The molecule has 2 aromatic heterocycles. The van der Waals surface area contributed by atoms with Crippen LogP contribution >= 0.6 is 0 Å². The van der Waals surface area contributed by atoms with Crippen LogP contribution in [-0.4, -0.2) is 16.8 Å². The molecule has 4 aromatic rings. The van der Waals surface area contributed by atoms with Crippen LogP contribution in [0.2, 0.25) is 0 Å². The number of fused-ring (bicyclic) bond motifs is 1. The van der Waals surface area contributed by atoms with E-state index in [2.05, 4.69) is 10.00 Å². The summed E-state index contributed by atoms with van der Waals surface area (Å²) < 4.78 is 7.30. The quantitative estimate of drug-likeness (QED) is 0.514. The van der Waals surface area contributed by atoms with E-state index in [1.54, 1.807) is 10.7 Å². The number of benzene rings is 2. The van der Waals surface area contributed by atoms with Gasteiger partial charge < -0.3 is 9.32 Å². The van der Waals surface area contributed by atoms with E-state index in [9.17, 15) is 4.79 Å². The second-order valence-electron chi connectivity index (χ2n) is 6.81. The van der Waals surface area contributed by atoms with Crippen molar-refractivity contribution in [2.75, 3.05) is 11.9 Å². The first-order valence-corrected chi connectivity index (χ1v) is 8.85. The van der Waals surface area contributed by atoms with Gasteiger partial charge in [-0.3, -0.25) is 4.68 Å². The van der Waals surface area contributed by atoms with Crippen LogP contribution in [0, 0.1) is 6.92 Å². The first-order valence-electron chi connectivity index (χ1n) is 8.85. The van der Waals surface area contributed by atoms with Crippen LogP contribution in [0.25, 0.3) is 22.1 Å². The number of rotatable bonds is 4. The smallest absolute Gasteiger partial charge is 0.336 e. The number of anilines is 1. The summed E-state index contributed by atoms with van der Waals surface area (Å²) in [5.41, 5.74) is 5.27. The van der Waals surface area contributed by atoms with Gasteiger partial charge in [0.15, 0.2) is 0 Å². The Morgan fingerprint density at radius 1 is 1.07 bits per heavy atom. The molecule has 27 heavy (non-hydrogen) atoms. The summed E-state index contributed by atoms with van der Waals surface area (Å²) in [6.07, 6.45) is 1.93. The van der Waals surface area contributed by atoms with Gasteiger partial charge >= 0.3 is 5.63 Å². The van der Waals surface area contributed by atoms with Crippen molar-refractivity contribution in [2.45, 2.75) is 13.5 Å². The normalized spacial score (nSPS) is 11.1. The Kier molecular flexibility index (Phi) is 4.28. The van der Waals surface area contributed by atoms with E-state index in [4.69, 9.17) is 4.42 Å². The standard InChI is InChI=1S/C22H21N3O2/c1-15-6-4-5-7-18(15)20-13-22(26)27-21-12-17(8-9-19(20)21)24(2)14-16-10-11-25(3)23-16/h4-13H,14H2,1-3H3. The number of hydrogen-bond donors (Lipinski definition) is 0. The highest BCUT2D eigenvalue weighted by Gasteiger charge is 2.12. The molecule has 0 saturated heterocycles. The summed E-state index contributed by atoms with van der Waals surface area (Å²) in [6, 6.07) is 17.6. The number of hydrogen-bond acceptors (Lipinski definition) is 4. The van der Waals surface area contributed by atoms with Crippen LogP contribution in [0.4, 0.5) is 5.69 Å². The van der Waals surface area contributed by atoms with Crippen molar-refractivity contribution in [3.63, 3.8) is 0 Å². The Hall–Kier alpha value is -3.34. The van der Waals surface area contributed by atoms with Crippen molar-refractivity contribution >= 4 is 16.7 Å². The largest absolute Gasteiger partial charge is 0.423 e. The number of aryl methyl sites for hydroxylation is 2. The SMILES string of the molecule is Cc1ccccc1-c1cc(=O)oc2cc(N(C)Cc3ccn(C)n3)ccc12. The lowest BCUT2D eigenvalue weighted by Gasteiger charge is -2.18. The lowest BCUT2D eigenvalue weighted by molar-refractivity contribution is 0.561. The minimum atomic E-state index is -0.342. The maximum absolute atomic E-state index is 12.2. The molecule has 0 atom stereocenters. The van der Waals surface area contributed by atoms with Gasteiger partial charge in [-0.15, -0.1) is 0 Å². The summed E-state index contributed by atoms with van der Waals surface area (Å²) in [4.78, 5) is 14.3. The van der Waals surface area contributed by atoms with Crippen LogP contribution in [0.1, 0.15) is 11.3 Å². The lowest BCUT2D eigenvalue weighted by atomic mass is 9.98. The molecule has 0 radical (unpaired) electrons. The topological polar surface area (TPSA) is 51.3 Å². The Morgan fingerprint density at radius 2 is 1.89 bits per heavy atom. The molecule has 0 fully saturated rings. The zero-order valence-electron chi connectivity index (χ0n) is 15.6. The highest BCUT2D eigenvalue weighted by molar-refractivity contribution is 5.95. The van der Waals surface area contributed by atoms with Gasteiger partial charge in [0.1, 0.15) is 5.58 Å². The highest BCUT2D eigenvalue weighted by Crippen LogP contribution is 2.31. The molecule has 0 saturated carbocycles. The summed E-state index contributed by atoms with van der Waals surface area (Å²) in [5, 5.41) is 5.35. The maximum Gasteiger partial charge on any atom is 0.336 e. The Morgan fingerprint density at radius 3 is 2.63 bits per heavy atom. The zero-order valence-corrected chi connectivity index (χ0v) is 15.6. The Bertz CT molecular complexity index is 1170. The van der Waals surface area contributed by atoms with Gasteiger partial charge in [0, 0.05) is 49.1 Å². The second-order valence-corrected chi connectivity index (χ2v) is 6.81. The minimum Gasteiger partial charge on any atom is -0.423 e. The molecule has 2 aromatic carbocycles. The molecule has 0 spiro atoms. The Labute approximate surface area is 157 Å². The molecule has 0 unspecified atom stereocenters. The van der Waals surface area contributed by atoms with Crippen LogP contribution in [0.5, 0.6) is 0 Å². The van der Waals surface area contributed by atoms with Gasteiger partial charge in [-0.2, -0.15) is 5.10 Å². The summed E-state index contributed by atoms with van der Waals surface area (Å²) in [6.45, 7) is 2.72. The van der Waals surface area contributed by atoms with Crippen LogP contribution in [-0.2, 0) is 13.6 Å². The first kappa shape index (κ1) is 17.1. The third-order valence-corrected chi connectivity index (χ3v) is 4.77. The number of aromatic nitrogens is 2. The lowest BCUT2D eigenvalue weighted by Crippen LogP contribution is -2.16. The molecule has 0 bridgehead atoms. The van der Waals surface area contributed by atoms with Gasteiger partial charge in [0.2, 0.25) is 0 Å². The van der Waals surface area contributed by atoms with E-state index in [0.717, 1.165) is 33.5 Å². The predicted octanol–water partition coefficient (Wildman–Crippen LogP) is 4.14. The van der Waals surface area contributed by atoms with Crippen molar-refractivity contribution in [2.24, 2.45) is 7.05 Å². The van der Waals surface area contributed by atoms with Gasteiger partial charge in [-0.1, -0.05) is 24.3 Å². The zero-order chi connectivity index (χ0) is 19.0. The number of nitrogens with zero attached hydrogens (tertiary/aromatic N) is 3. The molecule has 0 aliphatic carbocycles. The average Bonchev–Trinajstić information content (AvgIpc) is 3.05. The Balaban J connectivity index is 1.77. The van der Waals surface area contributed by atoms with Crippen molar-refractivity contribution in [3.05, 3.63) is 82.5 Å². The van der Waals surface area contributed by atoms with Gasteiger partial charge in [0.25, 0.3) is 0 Å². The average molecular weight is 359 g/mol. The van der Waals surface area contributed by atoms with Crippen molar-refractivity contribution < 1.29 is 4.42 Å². The van der Waals surface area contributed by atoms with Crippen molar-refractivity contribution in [3.8, 4) is 11.1 Å². The molecule has 2 heterocycles. The van der Waals surface area contributed by atoms with E-state index < -0.39 is 0 Å². The minimum absolute atomic E-state index is 0.342. The van der Waals surface area contributed by atoms with E-state index in [1.165, 1.54) is 0 Å². The molecule has 5 heteroatoms. The molecule has 0 amide bonds. The van der Waals surface area contributed by atoms with Crippen LogP contribution < -0.4 is 10.5 Å². The third-order valence-electron chi connectivity index (χ3n) is 4.77. The monoisotopic (exact) mass is 359 g/mol. The molecule has 5 nitrogen and oxygen atoms in total. The predicted molar refractivity (Wildman–Crippen MR) is 108 cm³/mol. The van der Waals surface area contributed by atoms with Gasteiger partial charge in [-0.25, -0.2) is 4.79 Å². The van der Waals surface area contributed by atoms with E-state index >= 15 is 0 Å². The van der Waals surface area contributed by atoms with E-state index in [1.807, 2.05) is 75.7 Å². The second kappa shape index (κ2) is 6.76. The fourth-order valence-corrected chi connectivity index (χ4v) is 3.37. The summed E-state index contributed by atoms with van der Waals surface area (Å²) >= 11 is 0. The van der Waals surface area contributed by atoms with Crippen LogP contribution in [0.3, 0.4) is 0 Å². The van der Waals surface area contributed by atoms with Crippen molar-refractivity contribution in [1.29, 1.82) is 0 Å². The summed E-state index contributed by atoms with van der Waals surface area (Å²) in [7, 11) is 3.90. The molecule has 136 valence electrons. The maximum atomic E-state index is 12.2. The molecular formula is C22H21N3O2. The third kappa shape index (κ3) is 3.36. The van der Waals surface area contributed by atoms with Crippen molar-refractivity contribution in [1.82, 2.24) is 9.78 Å². The fraction of sp³-hybridized carbons (Fsp3) is 0.182. The fourth-order valence-electron chi connectivity index (χ4n) is 3.37. The molecule has 0 aliphatic heterocycles. The molecule has 0 aliphatic rings.